The van der Waals surface area contributed by atoms with Gasteiger partial charge in [0.2, 0.25) is 0 Å². The van der Waals surface area contributed by atoms with Crippen LogP contribution < -0.4 is 5.32 Å². The van der Waals surface area contributed by atoms with Crippen molar-refractivity contribution in [2.75, 3.05) is 11.9 Å². The van der Waals surface area contributed by atoms with Gasteiger partial charge in [0, 0.05) is 12.1 Å². The number of hydrogen-bond acceptors (Lipinski definition) is 4. The Hall–Kier alpha value is -0.870. The highest BCUT2D eigenvalue weighted by atomic mass is 35.5. The molecule has 1 aromatic rings. The number of halogens is 1. The molecule has 0 bridgehead atoms. The first-order chi connectivity index (χ1) is 7.82. The van der Waals surface area contributed by atoms with Crippen LogP contribution in [0.15, 0.2) is 6.33 Å². The minimum atomic E-state index is -0.752. The third-order valence-electron chi connectivity index (χ3n) is 2.51. The molecule has 0 aromatic carbocycles. The molecule has 0 fully saturated rings. The normalized spacial score (nSPS) is 14.8. The monoisotopic (exact) mass is 257 g/mol. The van der Waals surface area contributed by atoms with Crippen molar-refractivity contribution < 1.29 is 5.11 Å². The van der Waals surface area contributed by atoms with Crippen molar-refractivity contribution in [3.05, 3.63) is 17.0 Å². The molecule has 4 nitrogen and oxygen atoms in total. The molecular formula is C12H20ClN3O. The van der Waals surface area contributed by atoms with Crippen LogP contribution >= 0.6 is 11.6 Å². The van der Waals surface area contributed by atoms with Gasteiger partial charge in [0.15, 0.2) is 0 Å². The summed E-state index contributed by atoms with van der Waals surface area (Å²) < 4.78 is 0. The molecule has 1 heterocycles. The van der Waals surface area contributed by atoms with Gasteiger partial charge in [-0.15, -0.1) is 0 Å². The molecule has 17 heavy (non-hydrogen) atoms. The summed E-state index contributed by atoms with van der Waals surface area (Å²) >= 11 is 5.89. The zero-order chi connectivity index (χ0) is 13.1. The van der Waals surface area contributed by atoms with Crippen LogP contribution in [-0.4, -0.2) is 27.2 Å². The maximum atomic E-state index is 10.2. The number of aromatic nitrogens is 2. The van der Waals surface area contributed by atoms with Crippen molar-refractivity contribution in [3.63, 3.8) is 0 Å². The van der Waals surface area contributed by atoms with E-state index in [9.17, 15) is 5.11 Å². The van der Waals surface area contributed by atoms with Gasteiger partial charge in [-0.3, -0.25) is 0 Å². The Bertz CT molecular complexity index is 380. The molecule has 96 valence electrons. The Morgan fingerprint density at radius 3 is 2.71 bits per heavy atom. The molecule has 5 heteroatoms. The van der Waals surface area contributed by atoms with E-state index >= 15 is 0 Å². The first-order valence-electron chi connectivity index (χ1n) is 5.75. The molecule has 1 unspecified atom stereocenters. The average Bonchev–Trinajstić information content (AvgIpc) is 2.18. The van der Waals surface area contributed by atoms with Gasteiger partial charge in [-0.25, -0.2) is 9.97 Å². The molecule has 0 amide bonds. The molecule has 0 aliphatic rings. The van der Waals surface area contributed by atoms with E-state index in [1.54, 1.807) is 0 Å². The van der Waals surface area contributed by atoms with Crippen LogP contribution in [0, 0.1) is 12.8 Å². The van der Waals surface area contributed by atoms with E-state index in [-0.39, 0.29) is 0 Å². The smallest absolute Gasteiger partial charge is 0.137 e. The molecule has 0 saturated heterocycles. The van der Waals surface area contributed by atoms with Crippen molar-refractivity contribution in [3.8, 4) is 0 Å². The number of anilines is 1. The Balaban J connectivity index is 2.64. The summed E-state index contributed by atoms with van der Waals surface area (Å²) in [4.78, 5) is 7.99. The largest absolute Gasteiger partial charge is 0.388 e. The van der Waals surface area contributed by atoms with Gasteiger partial charge >= 0.3 is 0 Å². The topological polar surface area (TPSA) is 58.0 Å². The van der Waals surface area contributed by atoms with E-state index in [0.717, 1.165) is 12.0 Å². The second-order valence-electron chi connectivity index (χ2n) is 5.09. The molecule has 0 spiro atoms. The minimum absolute atomic E-state index is 0.436. The van der Waals surface area contributed by atoms with E-state index < -0.39 is 5.60 Å². The SMILES string of the molecule is Cc1c(Cl)ncnc1NCC(C)(O)CC(C)C. The fraction of sp³-hybridized carbons (Fsp3) is 0.667. The molecule has 0 aliphatic heterocycles. The van der Waals surface area contributed by atoms with Crippen molar-refractivity contribution in [2.45, 2.75) is 39.7 Å². The number of nitrogens with one attached hydrogen (secondary N) is 1. The van der Waals surface area contributed by atoms with Crippen LogP contribution in [0.3, 0.4) is 0 Å². The quantitative estimate of drug-likeness (QED) is 0.797. The lowest BCUT2D eigenvalue weighted by Crippen LogP contribution is -2.35. The molecule has 0 radical (unpaired) electrons. The summed E-state index contributed by atoms with van der Waals surface area (Å²) in [6, 6.07) is 0. The average molecular weight is 258 g/mol. The first-order valence-corrected chi connectivity index (χ1v) is 6.13. The van der Waals surface area contributed by atoms with E-state index in [4.69, 9.17) is 11.6 Å². The maximum Gasteiger partial charge on any atom is 0.137 e. The zero-order valence-electron chi connectivity index (χ0n) is 10.8. The number of aliphatic hydroxyl groups is 1. The van der Waals surface area contributed by atoms with Crippen LogP contribution in [0.2, 0.25) is 5.15 Å². The molecule has 1 atom stereocenters. The van der Waals surface area contributed by atoms with E-state index in [0.29, 0.717) is 23.4 Å². The van der Waals surface area contributed by atoms with Crippen molar-refractivity contribution in [2.24, 2.45) is 5.92 Å². The summed E-state index contributed by atoms with van der Waals surface area (Å²) in [6.45, 7) is 8.28. The fourth-order valence-electron chi connectivity index (χ4n) is 1.83. The molecule has 0 saturated carbocycles. The zero-order valence-corrected chi connectivity index (χ0v) is 11.5. The van der Waals surface area contributed by atoms with Crippen molar-refractivity contribution >= 4 is 17.4 Å². The van der Waals surface area contributed by atoms with Gasteiger partial charge in [-0.05, 0) is 26.2 Å². The van der Waals surface area contributed by atoms with Gasteiger partial charge < -0.3 is 10.4 Å². The highest BCUT2D eigenvalue weighted by Gasteiger charge is 2.22. The van der Waals surface area contributed by atoms with E-state index in [2.05, 4.69) is 29.1 Å². The van der Waals surface area contributed by atoms with E-state index in [1.165, 1.54) is 6.33 Å². The predicted octanol–water partition coefficient (Wildman–Crippen LogP) is 2.65. The Morgan fingerprint density at radius 2 is 2.12 bits per heavy atom. The summed E-state index contributed by atoms with van der Waals surface area (Å²) in [5, 5.41) is 13.7. The fourth-order valence-corrected chi connectivity index (χ4v) is 1.97. The van der Waals surface area contributed by atoms with Crippen LogP contribution in [0.25, 0.3) is 0 Å². The molecule has 1 aromatic heterocycles. The molecule has 1 rings (SSSR count). The number of nitrogens with zero attached hydrogens (tertiary/aromatic N) is 2. The molecule has 2 N–H and O–H groups in total. The number of hydrogen-bond donors (Lipinski definition) is 2. The number of rotatable bonds is 5. The lowest BCUT2D eigenvalue weighted by molar-refractivity contribution is 0.0514. The Kier molecular flexibility index (Phi) is 4.71. The van der Waals surface area contributed by atoms with Gasteiger partial charge in [-0.2, -0.15) is 0 Å². The van der Waals surface area contributed by atoms with Crippen LogP contribution in [-0.2, 0) is 0 Å². The van der Waals surface area contributed by atoms with Crippen LogP contribution in [0.1, 0.15) is 32.8 Å². The standard InChI is InChI=1S/C12H20ClN3O/c1-8(2)5-12(4,17)6-14-11-9(3)10(13)15-7-16-11/h7-8,17H,5-6H2,1-4H3,(H,14,15,16). The van der Waals surface area contributed by atoms with Gasteiger partial charge in [-0.1, -0.05) is 25.4 Å². The lowest BCUT2D eigenvalue weighted by Gasteiger charge is -2.26. The summed E-state index contributed by atoms with van der Waals surface area (Å²) in [6.07, 6.45) is 2.15. The second-order valence-corrected chi connectivity index (χ2v) is 5.44. The highest BCUT2D eigenvalue weighted by Crippen LogP contribution is 2.20. The van der Waals surface area contributed by atoms with Gasteiger partial charge in [0.1, 0.15) is 17.3 Å². The van der Waals surface area contributed by atoms with Crippen molar-refractivity contribution in [1.29, 1.82) is 0 Å². The molecular weight excluding hydrogens is 238 g/mol. The third kappa shape index (κ3) is 4.48. The minimum Gasteiger partial charge on any atom is -0.388 e. The summed E-state index contributed by atoms with van der Waals surface area (Å²) in [5.74, 6) is 1.12. The predicted molar refractivity (Wildman–Crippen MR) is 70.3 cm³/mol. The van der Waals surface area contributed by atoms with Gasteiger partial charge in [0.05, 0.1) is 5.60 Å². The Morgan fingerprint density at radius 1 is 1.47 bits per heavy atom. The second kappa shape index (κ2) is 5.65. The van der Waals surface area contributed by atoms with Gasteiger partial charge in [0.25, 0.3) is 0 Å². The maximum absolute atomic E-state index is 10.2. The third-order valence-corrected chi connectivity index (χ3v) is 2.89. The van der Waals surface area contributed by atoms with Crippen LogP contribution in [0.4, 0.5) is 5.82 Å². The van der Waals surface area contributed by atoms with Crippen LogP contribution in [0.5, 0.6) is 0 Å². The first kappa shape index (κ1) is 14.2. The molecule has 0 aliphatic carbocycles. The summed E-state index contributed by atoms with van der Waals surface area (Å²) in [5.41, 5.74) is 0.0485. The van der Waals surface area contributed by atoms with Crippen molar-refractivity contribution in [1.82, 2.24) is 9.97 Å². The summed E-state index contributed by atoms with van der Waals surface area (Å²) in [7, 11) is 0. The lowest BCUT2D eigenvalue weighted by atomic mass is 9.94. The Labute approximate surface area is 107 Å². The van der Waals surface area contributed by atoms with E-state index in [1.807, 2.05) is 13.8 Å². The highest BCUT2D eigenvalue weighted by molar-refractivity contribution is 6.30.